The zero-order valence-corrected chi connectivity index (χ0v) is 11.1. The van der Waals surface area contributed by atoms with Crippen molar-refractivity contribution in [3.05, 3.63) is 23.3 Å². The molecule has 19 heavy (non-hydrogen) atoms. The Bertz CT molecular complexity index is 512. The Morgan fingerprint density at radius 2 is 2.21 bits per heavy atom. The van der Waals surface area contributed by atoms with Crippen LogP contribution in [0.2, 0.25) is 0 Å². The third kappa shape index (κ3) is 3.19. The van der Waals surface area contributed by atoms with Crippen molar-refractivity contribution in [3.63, 3.8) is 0 Å². The number of hydrogen-bond acceptors (Lipinski definition) is 3. The Hall–Kier alpha value is -1.72. The topological polar surface area (TPSA) is 92.3 Å². The first-order valence-corrected chi connectivity index (χ1v) is 6.54. The molecule has 0 spiro atoms. The van der Waals surface area contributed by atoms with Gasteiger partial charge in [-0.3, -0.25) is 0 Å². The Kier molecular flexibility index (Phi) is 4.29. The van der Waals surface area contributed by atoms with Gasteiger partial charge in [-0.1, -0.05) is 6.92 Å². The Morgan fingerprint density at radius 1 is 1.53 bits per heavy atom. The molecule has 5 nitrogen and oxygen atoms in total. The monoisotopic (exact) mass is 262 g/mol. The summed E-state index contributed by atoms with van der Waals surface area (Å²) in [6.45, 7) is 2.21. The van der Waals surface area contributed by atoms with Crippen LogP contribution < -0.4 is 11.2 Å². The minimum atomic E-state index is 0.371. The summed E-state index contributed by atoms with van der Waals surface area (Å²) in [5.41, 5.74) is 10.8. The standard InChI is InChI=1S/C14H19N3O2/c1-9-5-10-7-12(16-14(15)3-2-4-18)13(17-19)8-11(10)6-9/h4,7-9,17,19H,2-3,5-6H2,1H3,(H2,15,16)/p+1. The van der Waals surface area contributed by atoms with Crippen molar-refractivity contribution in [1.82, 2.24) is 0 Å². The van der Waals surface area contributed by atoms with Crippen LogP contribution in [-0.2, 0) is 17.6 Å². The molecule has 102 valence electrons. The predicted octanol–water partition coefficient (Wildman–Crippen LogP) is 0.973. The summed E-state index contributed by atoms with van der Waals surface area (Å²) < 4.78 is 0. The molecule has 0 heterocycles. The summed E-state index contributed by atoms with van der Waals surface area (Å²) in [7, 11) is 0. The molecule has 0 fully saturated rings. The fraction of sp³-hybridized carbons (Fsp3) is 0.429. The van der Waals surface area contributed by atoms with E-state index in [9.17, 15) is 10.0 Å². The molecule has 1 aliphatic carbocycles. The van der Waals surface area contributed by atoms with E-state index in [2.05, 4.69) is 11.9 Å². The number of aldehydes is 1. The van der Waals surface area contributed by atoms with Crippen molar-refractivity contribution >= 4 is 23.5 Å². The van der Waals surface area contributed by atoms with Crippen LogP contribution in [0.3, 0.4) is 0 Å². The average molecular weight is 262 g/mol. The zero-order valence-electron chi connectivity index (χ0n) is 11.1. The number of carbonyl (C=O) groups excluding carboxylic acids is 1. The number of amidine groups is 1. The summed E-state index contributed by atoms with van der Waals surface area (Å²) in [5, 5.41) is 9.31. The summed E-state index contributed by atoms with van der Waals surface area (Å²) >= 11 is 0. The van der Waals surface area contributed by atoms with Crippen molar-refractivity contribution in [2.75, 3.05) is 0 Å². The molecule has 0 amide bonds. The Labute approximate surface area is 112 Å². The maximum Gasteiger partial charge on any atom is 0.188 e. The van der Waals surface area contributed by atoms with E-state index < -0.39 is 0 Å². The average Bonchev–Trinajstić information content (AvgIpc) is 2.74. The van der Waals surface area contributed by atoms with Gasteiger partial charge in [0.05, 0.1) is 0 Å². The summed E-state index contributed by atoms with van der Waals surface area (Å²) in [4.78, 5) is 14.6. The second-order valence-electron chi connectivity index (χ2n) is 5.13. The van der Waals surface area contributed by atoms with Gasteiger partial charge in [-0.05, 0) is 36.0 Å². The fourth-order valence-electron chi connectivity index (χ4n) is 2.52. The molecular weight excluding hydrogens is 242 g/mol. The van der Waals surface area contributed by atoms with Gasteiger partial charge in [-0.25, -0.2) is 10.2 Å². The molecule has 5 N–H and O–H groups in total. The molecule has 0 saturated carbocycles. The second-order valence-corrected chi connectivity index (χ2v) is 5.13. The first-order chi connectivity index (χ1) is 9.13. The number of nitrogens with two attached hydrogens (primary N) is 2. The lowest BCUT2D eigenvalue weighted by Crippen LogP contribution is -2.73. The number of quaternary nitrogens is 1. The minimum Gasteiger partial charge on any atom is -0.387 e. The van der Waals surface area contributed by atoms with Crippen LogP contribution >= 0.6 is 0 Å². The molecule has 5 heteroatoms. The lowest BCUT2D eigenvalue weighted by molar-refractivity contribution is -0.825. The number of aliphatic imine (C=N–C) groups is 1. The number of fused-ring (bicyclic) bond motifs is 1. The van der Waals surface area contributed by atoms with Gasteiger partial charge in [0.25, 0.3) is 0 Å². The number of benzene rings is 1. The van der Waals surface area contributed by atoms with Crippen molar-refractivity contribution in [2.45, 2.75) is 32.6 Å². The SMILES string of the molecule is CC1Cc2cc(N=C(N)CCC=O)c([NH2+]O)cc2C1. The lowest BCUT2D eigenvalue weighted by atomic mass is 10.1. The molecule has 1 aromatic carbocycles. The molecule has 0 radical (unpaired) electrons. The van der Waals surface area contributed by atoms with Crippen LogP contribution in [0.5, 0.6) is 0 Å². The molecule has 0 aliphatic heterocycles. The van der Waals surface area contributed by atoms with Gasteiger partial charge >= 0.3 is 0 Å². The third-order valence-corrected chi connectivity index (χ3v) is 3.41. The molecule has 1 atom stereocenters. The predicted molar refractivity (Wildman–Crippen MR) is 73.0 cm³/mol. The van der Waals surface area contributed by atoms with Crippen molar-refractivity contribution in [2.24, 2.45) is 16.6 Å². The second kappa shape index (κ2) is 5.95. The highest BCUT2D eigenvalue weighted by Crippen LogP contribution is 2.33. The van der Waals surface area contributed by atoms with E-state index in [0.717, 1.165) is 24.6 Å². The zero-order chi connectivity index (χ0) is 13.8. The summed E-state index contributed by atoms with van der Waals surface area (Å²) in [6.07, 6.45) is 3.72. The quantitative estimate of drug-likeness (QED) is 0.243. The summed E-state index contributed by atoms with van der Waals surface area (Å²) in [6, 6.07) is 3.97. The maximum atomic E-state index is 10.3. The van der Waals surface area contributed by atoms with E-state index >= 15 is 0 Å². The maximum absolute atomic E-state index is 10.3. The molecular formula is C14H20N3O2+. The molecule has 1 unspecified atom stereocenters. The summed E-state index contributed by atoms with van der Waals surface area (Å²) in [5.74, 6) is 1.05. The van der Waals surface area contributed by atoms with E-state index in [1.54, 1.807) is 0 Å². The highest BCUT2D eigenvalue weighted by atomic mass is 16.5. The van der Waals surface area contributed by atoms with Crippen LogP contribution in [0.1, 0.15) is 30.9 Å². The van der Waals surface area contributed by atoms with Crippen LogP contribution in [-0.4, -0.2) is 17.3 Å². The minimum absolute atomic E-state index is 0.371. The van der Waals surface area contributed by atoms with Gasteiger partial charge in [0.15, 0.2) is 5.69 Å². The first kappa shape index (κ1) is 13.7. The molecule has 0 aromatic heterocycles. The Balaban J connectivity index is 2.30. The fourth-order valence-corrected chi connectivity index (χ4v) is 2.52. The number of hydrogen-bond donors (Lipinski definition) is 3. The number of rotatable bonds is 5. The van der Waals surface area contributed by atoms with E-state index in [1.807, 2.05) is 12.1 Å². The van der Waals surface area contributed by atoms with Crippen LogP contribution in [0, 0.1) is 5.92 Å². The highest BCUT2D eigenvalue weighted by Gasteiger charge is 2.21. The van der Waals surface area contributed by atoms with E-state index in [1.165, 1.54) is 11.1 Å². The third-order valence-electron chi connectivity index (χ3n) is 3.41. The smallest absolute Gasteiger partial charge is 0.188 e. The number of carbonyl (C=O) groups is 1. The Morgan fingerprint density at radius 3 is 2.84 bits per heavy atom. The van der Waals surface area contributed by atoms with Gasteiger partial charge in [0.2, 0.25) is 0 Å². The van der Waals surface area contributed by atoms with E-state index in [0.29, 0.717) is 36.0 Å². The van der Waals surface area contributed by atoms with Gasteiger partial charge < -0.3 is 10.5 Å². The largest absolute Gasteiger partial charge is 0.387 e. The van der Waals surface area contributed by atoms with Gasteiger partial charge in [0.1, 0.15) is 17.8 Å². The van der Waals surface area contributed by atoms with Crippen LogP contribution in [0.4, 0.5) is 11.4 Å². The van der Waals surface area contributed by atoms with Crippen molar-refractivity contribution < 1.29 is 15.5 Å². The normalized spacial score (nSPS) is 18.4. The van der Waals surface area contributed by atoms with Gasteiger partial charge in [-0.2, -0.15) is 5.48 Å². The van der Waals surface area contributed by atoms with Gasteiger partial charge in [-0.15, -0.1) is 0 Å². The van der Waals surface area contributed by atoms with Crippen LogP contribution in [0.15, 0.2) is 17.1 Å². The van der Waals surface area contributed by atoms with E-state index in [-0.39, 0.29) is 0 Å². The number of nitrogens with zero attached hydrogens (tertiary/aromatic N) is 1. The molecule has 2 rings (SSSR count). The van der Waals surface area contributed by atoms with Crippen molar-refractivity contribution in [3.8, 4) is 0 Å². The van der Waals surface area contributed by atoms with Crippen LogP contribution in [0.25, 0.3) is 0 Å². The first-order valence-electron chi connectivity index (χ1n) is 6.54. The van der Waals surface area contributed by atoms with E-state index in [4.69, 9.17) is 5.73 Å². The van der Waals surface area contributed by atoms with Gasteiger partial charge in [0, 0.05) is 18.9 Å². The molecule has 0 saturated heterocycles. The van der Waals surface area contributed by atoms with Crippen molar-refractivity contribution in [1.29, 1.82) is 0 Å². The lowest BCUT2D eigenvalue weighted by Gasteiger charge is -2.05. The molecule has 1 aromatic rings. The highest BCUT2D eigenvalue weighted by molar-refractivity contribution is 5.86. The molecule has 0 bridgehead atoms. The molecule has 1 aliphatic rings.